The van der Waals surface area contributed by atoms with Crippen molar-refractivity contribution in [2.75, 3.05) is 19.6 Å². The summed E-state index contributed by atoms with van der Waals surface area (Å²) in [4.78, 5) is 2.55. The van der Waals surface area contributed by atoms with E-state index in [-0.39, 0.29) is 5.41 Å². The minimum atomic E-state index is -0.611. The van der Waals surface area contributed by atoms with Crippen LogP contribution in [0.5, 0.6) is 0 Å². The Labute approximate surface area is 222 Å². The van der Waals surface area contributed by atoms with Crippen LogP contribution < -0.4 is 0 Å². The number of benzene rings is 4. The Morgan fingerprint density at radius 1 is 0.649 bits per heavy atom. The summed E-state index contributed by atoms with van der Waals surface area (Å²) in [6.45, 7) is 5.02. The zero-order valence-corrected chi connectivity index (χ0v) is 22.0. The zero-order valence-electron chi connectivity index (χ0n) is 22.0. The Balaban J connectivity index is 1.35. The van der Waals surface area contributed by atoms with Gasteiger partial charge in [-0.15, -0.1) is 0 Å². The number of hydrogen-bond donors (Lipinski definition) is 1. The second-order valence-corrected chi connectivity index (χ2v) is 10.7. The first-order chi connectivity index (χ1) is 18.1. The minimum Gasteiger partial charge on any atom is -0.389 e. The molecule has 190 valence electrons. The number of piperidine rings is 1. The van der Waals surface area contributed by atoms with Gasteiger partial charge in [0.2, 0.25) is 0 Å². The number of nitrogens with zero attached hydrogens (tertiary/aromatic N) is 1. The number of rotatable bonds is 9. The molecule has 1 aliphatic heterocycles. The van der Waals surface area contributed by atoms with Gasteiger partial charge in [0.25, 0.3) is 0 Å². The van der Waals surface area contributed by atoms with Crippen molar-refractivity contribution >= 4 is 0 Å². The summed E-state index contributed by atoms with van der Waals surface area (Å²) in [5.74, 6) is 0. The molecule has 0 aliphatic carbocycles. The summed E-state index contributed by atoms with van der Waals surface area (Å²) >= 11 is 0. The van der Waals surface area contributed by atoms with E-state index in [4.69, 9.17) is 0 Å². The lowest BCUT2D eigenvalue weighted by Gasteiger charge is -2.41. The molecule has 0 aromatic heterocycles. The van der Waals surface area contributed by atoms with E-state index in [2.05, 4.69) is 127 Å². The van der Waals surface area contributed by atoms with E-state index in [9.17, 15) is 5.11 Å². The van der Waals surface area contributed by atoms with Crippen LogP contribution in [0.4, 0.5) is 0 Å². The van der Waals surface area contributed by atoms with Crippen molar-refractivity contribution in [3.63, 3.8) is 0 Å². The van der Waals surface area contributed by atoms with Crippen molar-refractivity contribution < 1.29 is 5.11 Å². The van der Waals surface area contributed by atoms with Gasteiger partial charge < -0.3 is 10.0 Å². The normalized spacial score (nSPS) is 15.9. The molecule has 1 N–H and O–H groups in total. The second-order valence-electron chi connectivity index (χ2n) is 10.7. The van der Waals surface area contributed by atoms with Gasteiger partial charge in [-0.3, -0.25) is 0 Å². The van der Waals surface area contributed by atoms with Crippen molar-refractivity contribution in [1.29, 1.82) is 0 Å². The van der Waals surface area contributed by atoms with Crippen LogP contribution in [-0.2, 0) is 18.3 Å². The molecule has 0 bridgehead atoms. The molecule has 4 aromatic carbocycles. The van der Waals surface area contributed by atoms with Gasteiger partial charge in [-0.2, -0.15) is 0 Å². The van der Waals surface area contributed by atoms with Gasteiger partial charge in [0.1, 0.15) is 0 Å². The molecule has 0 saturated carbocycles. The Kier molecular flexibility index (Phi) is 7.88. The molecule has 2 heteroatoms. The van der Waals surface area contributed by atoms with Crippen LogP contribution in [0.2, 0.25) is 0 Å². The van der Waals surface area contributed by atoms with Gasteiger partial charge in [-0.25, -0.2) is 0 Å². The Morgan fingerprint density at radius 3 is 1.51 bits per heavy atom. The van der Waals surface area contributed by atoms with E-state index >= 15 is 0 Å². The second kappa shape index (κ2) is 11.5. The average Bonchev–Trinajstić information content (AvgIpc) is 2.96. The molecule has 1 fully saturated rings. The predicted molar refractivity (Wildman–Crippen MR) is 154 cm³/mol. The molecule has 1 heterocycles. The van der Waals surface area contributed by atoms with Crippen LogP contribution in [0.3, 0.4) is 0 Å². The Morgan fingerprint density at radius 2 is 1.08 bits per heavy atom. The molecule has 5 rings (SSSR count). The van der Waals surface area contributed by atoms with Gasteiger partial charge >= 0.3 is 0 Å². The third kappa shape index (κ3) is 5.71. The maximum atomic E-state index is 11.4. The third-order valence-corrected chi connectivity index (χ3v) is 8.35. The molecule has 37 heavy (non-hydrogen) atoms. The minimum absolute atomic E-state index is 0.224. The molecule has 0 unspecified atom stereocenters. The van der Waals surface area contributed by atoms with E-state index in [1.54, 1.807) is 0 Å². The summed E-state index contributed by atoms with van der Waals surface area (Å²) in [6, 6.07) is 41.7. The van der Waals surface area contributed by atoms with Crippen LogP contribution in [0.25, 0.3) is 0 Å². The molecule has 0 amide bonds. The summed E-state index contributed by atoms with van der Waals surface area (Å²) in [5, 5.41) is 11.4. The standard InChI is InChI=1S/C35H39NO/c1-2-29-18-20-30(21-19-29)28-34(37)22-25-36(26-23-34)27-24-35(31-12-6-3-7-13-31,32-14-8-4-9-15-32)33-16-10-5-11-17-33/h3-21,37H,2,22-28H2,1H3. The van der Waals surface area contributed by atoms with E-state index in [0.29, 0.717) is 0 Å². The highest BCUT2D eigenvalue weighted by Crippen LogP contribution is 2.42. The number of hydrogen-bond acceptors (Lipinski definition) is 2. The molecule has 1 aliphatic rings. The fourth-order valence-electron chi connectivity index (χ4n) is 6.07. The quantitative estimate of drug-likeness (QED) is 0.255. The molecule has 2 nitrogen and oxygen atoms in total. The zero-order chi connectivity index (χ0) is 25.6. The highest BCUT2D eigenvalue weighted by Gasteiger charge is 2.38. The van der Waals surface area contributed by atoms with E-state index in [0.717, 1.165) is 51.7 Å². The number of likely N-dealkylation sites (tertiary alicyclic amines) is 1. The average molecular weight is 490 g/mol. The van der Waals surface area contributed by atoms with Crippen LogP contribution >= 0.6 is 0 Å². The van der Waals surface area contributed by atoms with Crippen molar-refractivity contribution in [2.45, 2.75) is 50.0 Å². The number of aliphatic hydroxyl groups is 1. The van der Waals surface area contributed by atoms with E-state index < -0.39 is 5.60 Å². The maximum absolute atomic E-state index is 11.4. The van der Waals surface area contributed by atoms with E-state index in [1.807, 2.05) is 0 Å². The highest BCUT2D eigenvalue weighted by atomic mass is 16.3. The fraction of sp³-hybridized carbons (Fsp3) is 0.314. The summed E-state index contributed by atoms with van der Waals surface area (Å²) in [5.41, 5.74) is 5.75. The first-order valence-electron chi connectivity index (χ1n) is 13.8. The smallest absolute Gasteiger partial charge is 0.0712 e. The van der Waals surface area contributed by atoms with Gasteiger partial charge in [-0.1, -0.05) is 122 Å². The maximum Gasteiger partial charge on any atom is 0.0712 e. The third-order valence-electron chi connectivity index (χ3n) is 8.35. The molecule has 4 aromatic rings. The molecule has 0 spiro atoms. The first-order valence-corrected chi connectivity index (χ1v) is 13.8. The van der Waals surface area contributed by atoms with Gasteiger partial charge in [-0.05, 0) is 60.0 Å². The van der Waals surface area contributed by atoms with E-state index in [1.165, 1.54) is 27.8 Å². The largest absolute Gasteiger partial charge is 0.389 e. The SMILES string of the molecule is CCc1ccc(CC2(O)CCN(CCC(c3ccccc3)(c3ccccc3)c3ccccc3)CC2)cc1. The fourth-order valence-corrected chi connectivity index (χ4v) is 6.07. The first kappa shape index (κ1) is 25.4. The van der Waals surface area contributed by atoms with Gasteiger partial charge in [0.15, 0.2) is 0 Å². The highest BCUT2D eigenvalue weighted by molar-refractivity contribution is 5.50. The molecule has 0 radical (unpaired) electrons. The lowest BCUT2D eigenvalue weighted by Crippen LogP contribution is -2.47. The van der Waals surface area contributed by atoms with Crippen LogP contribution in [0, 0.1) is 0 Å². The van der Waals surface area contributed by atoms with Crippen molar-refractivity contribution in [3.8, 4) is 0 Å². The van der Waals surface area contributed by atoms with Crippen LogP contribution in [0.1, 0.15) is 54.0 Å². The van der Waals surface area contributed by atoms with Crippen LogP contribution in [0.15, 0.2) is 115 Å². The number of aryl methyl sites for hydroxylation is 1. The van der Waals surface area contributed by atoms with Gasteiger partial charge in [0, 0.05) is 24.9 Å². The van der Waals surface area contributed by atoms with Gasteiger partial charge in [0.05, 0.1) is 5.60 Å². The topological polar surface area (TPSA) is 23.5 Å². The molecule has 0 atom stereocenters. The molecular formula is C35H39NO. The molecular weight excluding hydrogens is 450 g/mol. The summed E-state index contributed by atoms with van der Waals surface area (Å²) in [6.07, 6.45) is 4.42. The lowest BCUT2D eigenvalue weighted by atomic mass is 9.67. The summed E-state index contributed by atoms with van der Waals surface area (Å²) in [7, 11) is 0. The summed E-state index contributed by atoms with van der Waals surface area (Å²) < 4.78 is 0. The Bertz CT molecular complexity index is 1130. The monoisotopic (exact) mass is 489 g/mol. The molecule has 1 saturated heterocycles. The predicted octanol–water partition coefficient (Wildman–Crippen LogP) is 7.04. The van der Waals surface area contributed by atoms with Crippen LogP contribution in [-0.4, -0.2) is 35.2 Å². The van der Waals surface area contributed by atoms with Crippen molar-refractivity contribution in [3.05, 3.63) is 143 Å². The van der Waals surface area contributed by atoms with Crippen molar-refractivity contribution in [1.82, 2.24) is 4.90 Å². The van der Waals surface area contributed by atoms with Crippen molar-refractivity contribution in [2.24, 2.45) is 0 Å². The Hall–Kier alpha value is -3.20. The lowest BCUT2D eigenvalue weighted by molar-refractivity contribution is -0.0213.